The molecule has 3 nitrogen and oxygen atoms in total. The highest BCUT2D eigenvalue weighted by Crippen LogP contribution is 2.30. The number of thiophene rings is 1. The molecule has 0 aliphatic heterocycles. The van der Waals surface area contributed by atoms with Crippen molar-refractivity contribution in [3.63, 3.8) is 0 Å². The van der Waals surface area contributed by atoms with Crippen molar-refractivity contribution in [1.82, 2.24) is 5.32 Å². The first-order chi connectivity index (χ1) is 8.55. The third-order valence-corrected chi connectivity index (χ3v) is 5.09. The predicted molar refractivity (Wildman–Crippen MR) is 79.4 cm³/mol. The molecule has 0 bridgehead atoms. The lowest BCUT2D eigenvalue weighted by molar-refractivity contribution is 0.0913. The maximum atomic E-state index is 12.2. The molecule has 0 atom stereocenters. The van der Waals surface area contributed by atoms with Gasteiger partial charge in [0.1, 0.15) is 4.88 Å². The molecule has 1 aliphatic carbocycles. The molecule has 1 aromatic rings. The molecule has 0 unspecified atom stereocenters. The summed E-state index contributed by atoms with van der Waals surface area (Å²) in [5, 5.41) is 5.27. The first-order valence-corrected chi connectivity index (χ1v) is 7.57. The minimum Gasteiger partial charge on any atom is -0.391 e. The van der Waals surface area contributed by atoms with E-state index in [1.54, 1.807) is 11.4 Å². The second kappa shape index (κ2) is 5.55. The predicted octanol–water partition coefficient (Wildman–Crippen LogP) is 3.12. The van der Waals surface area contributed by atoms with Crippen molar-refractivity contribution in [3.05, 3.63) is 21.3 Å². The maximum absolute atomic E-state index is 12.2. The second-order valence-electron chi connectivity index (χ2n) is 4.56. The highest BCUT2D eigenvalue weighted by Gasteiger charge is 2.37. The van der Waals surface area contributed by atoms with Gasteiger partial charge in [0.05, 0.1) is 15.6 Å². The van der Waals surface area contributed by atoms with Gasteiger partial charge in [0.25, 0.3) is 5.91 Å². The number of carbonyl (C=O) groups is 1. The Bertz CT molecular complexity index is 466. The Morgan fingerprint density at radius 2 is 2.11 bits per heavy atom. The number of thiocarbonyl (C=S) groups is 1. The number of nitrogens with one attached hydrogen (secondary N) is 1. The van der Waals surface area contributed by atoms with E-state index in [4.69, 9.17) is 29.6 Å². The monoisotopic (exact) mass is 302 g/mol. The Hall–Kier alpha value is -0.650. The summed E-state index contributed by atoms with van der Waals surface area (Å²) in [6, 6.07) is 1.72. The molecule has 1 fully saturated rings. The first-order valence-electron chi connectivity index (χ1n) is 5.90. The Morgan fingerprint density at radius 1 is 1.44 bits per heavy atom. The molecule has 0 aromatic carbocycles. The number of hydrogen-bond donors (Lipinski definition) is 2. The number of halogens is 1. The standard InChI is InChI=1S/C12H15ClN2OS2/c13-8-4-7-18-9(8)10(16)15-12(11(14)17)5-2-1-3-6-12/h4,7H,1-3,5-6H2,(H2,14,17)(H,15,16). The second-order valence-corrected chi connectivity index (χ2v) is 6.32. The summed E-state index contributed by atoms with van der Waals surface area (Å²) in [6.07, 6.45) is 4.87. The molecular formula is C12H15ClN2OS2. The topological polar surface area (TPSA) is 55.1 Å². The molecule has 1 heterocycles. The van der Waals surface area contributed by atoms with Gasteiger partial charge in [-0.2, -0.15) is 0 Å². The van der Waals surface area contributed by atoms with Gasteiger partial charge in [0.15, 0.2) is 0 Å². The smallest absolute Gasteiger partial charge is 0.263 e. The van der Waals surface area contributed by atoms with Crippen LogP contribution >= 0.6 is 35.2 Å². The van der Waals surface area contributed by atoms with E-state index in [0.29, 0.717) is 14.9 Å². The van der Waals surface area contributed by atoms with Gasteiger partial charge in [-0.1, -0.05) is 43.1 Å². The average Bonchev–Trinajstić information content (AvgIpc) is 2.76. The van der Waals surface area contributed by atoms with Crippen LogP contribution in [0.3, 0.4) is 0 Å². The summed E-state index contributed by atoms with van der Waals surface area (Å²) >= 11 is 12.4. The normalized spacial score (nSPS) is 18.3. The molecule has 0 saturated heterocycles. The summed E-state index contributed by atoms with van der Waals surface area (Å²) in [7, 11) is 0. The van der Waals surface area contributed by atoms with E-state index in [0.717, 1.165) is 25.7 Å². The highest BCUT2D eigenvalue weighted by molar-refractivity contribution is 7.80. The van der Waals surface area contributed by atoms with Crippen molar-refractivity contribution in [3.8, 4) is 0 Å². The molecule has 1 amide bonds. The van der Waals surface area contributed by atoms with Crippen molar-refractivity contribution < 1.29 is 4.79 Å². The van der Waals surface area contributed by atoms with Gasteiger partial charge in [-0.15, -0.1) is 11.3 Å². The summed E-state index contributed by atoms with van der Waals surface area (Å²) in [6.45, 7) is 0. The van der Waals surface area contributed by atoms with E-state index in [9.17, 15) is 4.79 Å². The number of amides is 1. The van der Waals surface area contributed by atoms with Crippen molar-refractivity contribution in [2.24, 2.45) is 5.73 Å². The van der Waals surface area contributed by atoms with Gasteiger partial charge in [-0.3, -0.25) is 4.79 Å². The molecule has 18 heavy (non-hydrogen) atoms. The minimum atomic E-state index is -0.530. The van der Waals surface area contributed by atoms with Crippen molar-refractivity contribution in [2.75, 3.05) is 0 Å². The SMILES string of the molecule is NC(=S)C1(NC(=O)c2sccc2Cl)CCCCC1. The molecule has 6 heteroatoms. The van der Waals surface area contributed by atoms with Crippen LogP contribution in [0.25, 0.3) is 0 Å². The molecule has 3 N–H and O–H groups in total. The lowest BCUT2D eigenvalue weighted by Gasteiger charge is -2.37. The molecule has 2 rings (SSSR count). The first kappa shape index (κ1) is 13.8. The fourth-order valence-electron chi connectivity index (χ4n) is 2.32. The van der Waals surface area contributed by atoms with Gasteiger partial charge in [0.2, 0.25) is 0 Å². The molecule has 98 valence electrons. The van der Waals surface area contributed by atoms with Crippen LogP contribution in [-0.2, 0) is 0 Å². The van der Waals surface area contributed by atoms with Gasteiger partial charge in [0, 0.05) is 0 Å². The quantitative estimate of drug-likeness (QED) is 0.844. The fraction of sp³-hybridized carbons (Fsp3) is 0.500. The third kappa shape index (κ3) is 2.68. The van der Waals surface area contributed by atoms with E-state index in [-0.39, 0.29) is 5.91 Å². The number of nitrogens with two attached hydrogens (primary N) is 1. The van der Waals surface area contributed by atoms with E-state index in [1.807, 2.05) is 0 Å². The number of rotatable bonds is 3. The Morgan fingerprint density at radius 3 is 2.61 bits per heavy atom. The van der Waals surface area contributed by atoms with Crippen molar-refractivity contribution in [2.45, 2.75) is 37.6 Å². The number of hydrogen-bond acceptors (Lipinski definition) is 3. The molecule has 1 saturated carbocycles. The van der Waals surface area contributed by atoms with Gasteiger partial charge < -0.3 is 11.1 Å². The van der Waals surface area contributed by atoms with Crippen LogP contribution in [0.2, 0.25) is 5.02 Å². The Kier molecular flexibility index (Phi) is 4.25. The lowest BCUT2D eigenvalue weighted by atomic mass is 9.81. The van der Waals surface area contributed by atoms with Crippen LogP contribution in [0, 0.1) is 0 Å². The van der Waals surface area contributed by atoms with Gasteiger partial charge in [-0.25, -0.2) is 0 Å². The van der Waals surface area contributed by atoms with E-state index >= 15 is 0 Å². The molecule has 1 aromatic heterocycles. The van der Waals surface area contributed by atoms with E-state index in [1.165, 1.54) is 17.8 Å². The molecule has 1 aliphatic rings. The highest BCUT2D eigenvalue weighted by atomic mass is 35.5. The van der Waals surface area contributed by atoms with E-state index < -0.39 is 5.54 Å². The van der Waals surface area contributed by atoms with Crippen LogP contribution in [0.5, 0.6) is 0 Å². The van der Waals surface area contributed by atoms with Crippen LogP contribution in [0.1, 0.15) is 41.8 Å². The molecular weight excluding hydrogens is 288 g/mol. The zero-order valence-electron chi connectivity index (χ0n) is 9.87. The van der Waals surface area contributed by atoms with Crippen molar-refractivity contribution >= 4 is 46.1 Å². The van der Waals surface area contributed by atoms with Gasteiger partial charge >= 0.3 is 0 Å². The maximum Gasteiger partial charge on any atom is 0.263 e. The Balaban J connectivity index is 2.17. The summed E-state index contributed by atoms with van der Waals surface area (Å²) < 4.78 is 0. The van der Waals surface area contributed by atoms with Crippen molar-refractivity contribution in [1.29, 1.82) is 0 Å². The summed E-state index contributed by atoms with van der Waals surface area (Å²) in [5.41, 5.74) is 5.30. The van der Waals surface area contributed by atoms with Gasteiger partial charge in [-0.05, 0) is 24.3 Å². The molecule has 0 radical (unpaired) electrons. The summed E-state index contributed by atoms with van der Waals surface area (Å²) in [5.74, 6) is -0.176. The third-order valence-electron chi connectivity index (χ3n) is 3.35. The largest absolute Gasteiger partial charge is 0.391 e. The van der Waals surface area contributed by atoms with Crippen LogP contribution < -0.4 is 11.1 Å². The Labute approximate surface area is 121 Å². The zero-order valence-corrected chi connectivity index (χ0v) is 12.3. The summed E-state index contributed by atoms with van der Waals surface area (Å²) in [4.78, 5) is 13.1. The fourth-order valence-corrected chi connectivity index (χ4v) is 3.61. The molecule has 0 spiro atoms. The van der Waals surface area contributed by atoms with Crippen LogP contribution in [-0.4, -0.2) is 16.4 Å². The zero-order chi connectivity index (χ0) is 13.2. The van der Waals surface area contributed by atoms with E-state index in [2.05, 4.69) is 5.32 Å². The van der Waals surface area contributed by atoms with Crippen LogP contribution in [0.4, 0.5) is 0 Å². The van der Waals surface area contributed by atoms with Crippen LogP contribution in [0.15, 0.2) is 11.4 Å². The minimum absolute atomic E-state index is 0.176. The average molecular weight is 303 g/mol. The number of carbonyl (C=O) groups excluding carboxylic acids is 1. The lowest BCUT2D eigenvalue weighted by Crippen LogP contribution is -2.57.